The van der Waals surface area contributed by atoms with Gasteiger partial charge in [-0.25, -0.2) is 5.21 Å². The Balaban J connectivity index is 2.83. The number of nitrogens with two attached hydrogens (primary N) is 1. The monoisotopic (exact) mass is 110 g/mol. The topological polar surface area (TPSA) is 36.8 Å². The molecular weight excluding hydrogens is 102 g/mol. The standard InChI is InChI=1S/C6H7NO/c8-7-6-4-2-1-3-5-6/h1-5,7-8H/p+1. The molecule has 2 nitrogen and oxygen atoms in total. The Labute approximate surface area is 47.7 Å². The molecule has 0 aliphatic heterocycles. The summed E-state index contributed by atoms with van der Waals surface area (Å²) in [5.74, 6) is 0. The Morgan fingerprint density at radius 1 is 1.12 bits per heavy atom. The average Bonchev–Trinajstić information content (AvgIpc) is 1.90. The van der Waals surface area contributed by atoms with Crippen LogP contribution in [0.25, 0.3) is 0 Å². The third-order valence-corrected chi connectivity index (χ3v) is 0.949. The van der Waals surface area contributed by atoms with Crippen molar-refractivity contribution in [3.8, 4) is 0 Å². The van der Waals surface area contributed by atoms with Crippen molar-refractivity contribution in [2.24, 2.45) is 0 Å². The molecule has 0 unspecified atom stereocenters. The molecule has 1 aromatic rings. The summed E-state index contributed by atoms with van der Waals surface area (Å²) >= 11 is 0. The molecule has 3 N–H and O–H groups in total. The normalized spacial score (nSPS) is 9.12. The zero-order valence-electron chi connectivity index (χ0n) is 4.41. The number of hydrogen-bond acceptors (Lipinski definition) is 1. The molecule has 0 atom stereocenters. The van der Waals surface area contributed by atoms with Crippen LogP contribution in [-0.2, 0) is 0 Å². The van der Waals surface area contributed by atoms with Crippen LogP contribution in [0, 0.1) is 0 Å². The van der Waals surface area contributed by atoms with E-state index in [2.05, 4.69) is 0 Å². The van der Waals surface area contributed by atoms with Crippen LogP contribution in [0.1, 0.15) is 0 Å². The van der Waals surface area contributed by atoms with Crippen molar-refractivity contribution in [2.75, 3.05) is 0 Å². The van der Waals surface area contributed by atoms with Crippen molar-refractivity contribution in [3.63, 3.8) is 0 Å². The Bertz CT molecular complexity index is 150. The summed E-state index contributed by atoms with van der Waals surface area (Å²) in [6, 6.07) is 9.33. The van der Waals surface area contributed by atoms with Crippen LogP contribution in [0.15, 0.2) is 30.3 Å². The molecule has 42 valence electrons. The Hall–Kier alpha value is -0.860. The van der Waals surface area contributed by atoms with E-state index in [0.29, 0.717) is 0 Å². The summed E-state index contributed by atoms with van der Waals surface area (Å²) in [6.07, 6.45) is 0. The average molecular weight is 110 g/mol. The van der Waals surface area contributed by atoms with Crippen molar-refractivity contribution in [2.45, 2.75) is 0 Å². The van der Waals surface area contributed by atoms with Crippen molar-refractivity contribution >= 4 is 5.69 Å². The van der Waals surface area contributed by atoms with Crippen LogP contribution in [0.4, 0.5) is 5.69 Å². The molecule has 1 aromatic carbocycles. The molecule has 0 saturated heterocycles. The van der Waals surface area contributed by atoms with E-state index in [4.69, 9.17) is 5.21 Å². The number of benzene rings is 1. The van der Waals surface area contributed by atoms with Crippen molar-refractivity contribution in [3.05, 3.63) is 30.3 Å². The van der Waals surface area contributed by atoms with Crippen LogP contribution in [0.2, 0.25) is 0 Å². The quantitative estimate of drug-likeness (QED) is 0.395. The predicted octanol–water partition coefficient (Wildman–Crippen LogP) is 0.271. The fourth-order valence-corrected chi connectivity index (χ4v) is 0.539. The van der Waals surface area contributed by atoms with Gasteiger partial charge in [0.1, 0.15) is 0 Å². The summed E-state index contributed by atoms with van der Waals surface area (Å²) in [6.45, 7) is 0. The van der Waals surface area contributed by atoms with E-state index in [9.17, 15) is 0 Å². The van der Waals surface area contributed by atoms with Crippen molar-refractivity contribution in [1.82, 2.24) is 0 Å². The maximum Gasteiger partial charge on any atom is 0.161 e. The highest BCUT2D eigenvalue weighted by Gasteiger charge is 1.85. The molecule has 0 spiro atoms. The first-order valence-electron chi connectivity index (χ1n) is 2.46. The lowest BCUT2D eigenvalue weighted by Gasteiger charge is -1.86. The molecule has 1 rings (SSSR count). The van der Waals surface area contributed by atoms with Gasteiger partial charge in [-0.2, -0.15) is 5.48 Å². The first kappa shape index (κ1) is 5.28. The van der Waals surface area contributed by atoms with Gasteiger partial charge in [0.15, 0.2) is 5.69 Å². The predicted molar refractivity (Wildman–Crippen MR) is 29.8 cm³/mol. The van der Waals surface area contributed by atoms with Gasteiger partial charge >= 0.3 is 0 Å². The lowest BCUT2D eigenvalue weighted by atomic mass is 10.3. The lowest BCUT2D eigenvalue weighted by molar-refractivity contribution is -0.825. The zero-order chi connectivity index (χ0) is 5.82. The van der Waals surface area contributed by atoms with E-state index < -0.39 is 0 Å². The molecule has 0 fully saturated rings. The van der Waals surface area contributed by atoms with Gasteiger partial charge in [0, 0.05) is 12.1 Å². The first-order chi connectivity index (χ1) is 3.93. The summed E-state index contributed by atoms with van der Waals surface area (Å²) in [7, 11) is 0. The highest BCUT2D eigenvalue weighted by molar-refractivity contribution is 5.26. The Morgan fingerprint density at radius 2 is 1.75 bits per heavy atom. The third-order valence-electron chi connectivity index (χ3n) is 0.949. The summed E-state index contributed by atoms with van der Waals surface area (Å²) in [5.41, 5.74) is 1.92. The molecule has 0 bridgehead atoms. The highest BCUT2D eigenvalue weighted by atomic mass is 16.5. The Morgan fingerprint density at radius 3 is 2.12 bits per heavy atom. The van der Waals surface area contributed by atoms with Gasteiger partial charge in [-0.3, -0.25) is 0 Å². The number of quaternary nitrogens is 1. The molecule has 0 radical (unpaired) electrons. The van der Waals surface area contributed by atoms with Gasteiger partial charge in [0.05, 0.1) is 0 Å². The lowest BCUT2D eigenvalue weighted by Crippen LogP contribution is -2.73. The van der Waals surface area contributed by atoms with E-state index in [0.717, 1.165) is 11.2 Å². The molecule has 8 heavy (non-hydrogen) atoms. The van der Waals surface area contributed by atoms with E-state index in [1.807, 2.05) is 30.3 Å². The maximum atomic E-state index is 8.41. The van der Waals surface area contributed by atoms with E-state index >= 15 is 0 Å². The van der Waals surface area contributed by atoms with E-state index in [1.165, 1.54) is 0 Å². The fourth-order valence-electron chi connectivity index (χ4n) is 0.539. The number of hydrogen-bond donors (Lipinski definition) is 2. The molecule has 0 aliphatic rings. The van der Waals surface area contributed by atoms with Gasteiger partial charge in [-0.1, -0.05) is 18.2 Å². The second-order valence-electron chi connectivity index (χ2n) is 1.54. The molecule has 0 heterocycles. The fraction of sp³-hybridized carbons (Fsp3) is 0. The van der Waals surface area contributed by atoms with Gasteiger partial charge in [-0.15, -0.1) is 0 Å². The van der Waals surface area contributed by atoms with Crippen molar-refractivity contribution in [1.29, 1.82) is 0 Å². The maximum absolute atomic E-state index is 8.41. The molecular formula is C6H8NO+. The minimum atomic E-state index is 0.840. The summed E-state index contributed by atoms with van der Waals surface area (Å²) in [4.78, 5) is 0. The smallest absolute Gasteiger partial charge is 0.161 e. The summed E-state index contributed by atoms with van der Waals surface area (Å²) in [5, 5.41) is 8.41. The molecule has 0 saturated carbocycles. The van der Waals surface area contributed by atoms with E-state index in [-0.39, 0.29) is 0 Å². The van der Waals surface area contributed by atoms with Gasteiger partial charge in [-0.05, 0) is 0 Å². The third kappa shape index (κ3) is 1.05. The van der Waals surface area contributed by atoms with Gasteiger partial charge in [0.25, 0.3) is 0 Å². The largest absolute Gasteiger partial charge is 0.215 e. The first-order valence-corrected chi connectivity index (χ1v) is 2.46. The van der Waals surface area contributed by atoms with Crippen LogP contribution in [0.5, 0.6) is 0 Å². The number of para-hydroxylation sites is 1. The van der Waals surface area contributed by atoms with Crippen LogP contribution >= 0.6 is 0 Å². The van der Waals surface area contributed by atoms with Gasteiger partial charge in [0.2, 0.25) is 0 Å². The second-order valence-corrected chi connectivity index (χ2v) is 1.54. The summed E-state index contributed by atoms with van der Waals surface area (Å²) < 4.78 is 0. The highest BCUT2D eigenvalue weighted by Crippen LogP contribution is 1.94. The molecule has 0 amide bonds. The minimum Gasteiger partial charge on any atom is -0.215 e. The van der Waals surface area contributed by atoms with Crippen molar-refractivity contribution < 1.29 is 10.7 Å². The molecule has 2 heteroatoms. The van der Waals surface area contributed by atoms with Gasteiger partial charge < -0.3 is 0 Å². The van der Waals surface area contributed by atoms with Crippen LogP contribution in [-0.4, -0.2) is 5.21 Å². The Kier molecular flexibility index (Phi) is 1.62. The van der Waals surface area contributed by atoms with E-state index in [1.54, 1.807) is 0 Å². The zero-order valence-corrected chi connectivity index (χ0v) is 4.41. The molecule has 0 aliphatic carbocycles. The van der Waals surface area contributed by atoms with Crippen LogP contribution in [0.3, 0.4) is 0 Å². The minimum absolute atomic E-state index is 0.840. The van der Waals surface area contributed by atoms with Crippen LogP contribution < -0.4 is 5.48 Å². The number of rotatable bonds is 1. The SMILES string of the molecule is O[NH2+]c1ccccc1. The second kappa shape index (κ2) is 2.45. The molecule has 0 aromatic heterocycles.